The summed E-state index contributed by atoms with van der Waals surface area (Å²) in [6, 6.07) is 21.4. The van der Waals surface area contributed by atoms with E-state index < -0.39 is 0 Å². The Morgan fingerprint density at radius 2 is 1.67 bits per heavy atom. The standard InChI is InChI=1S/C27H19Cl2N3O3S/c1-16-23-26(30-15-32(27(23)34)14-17-4-2-3-5-22(17)29)36-24(16)25(33)31-19-8-12-21(13-9-19)35-20-10-6-18(28)7-11-20/h2-13,15H,14H2,1H3,(H,31,33). The van der Waals surface area contributed by atoms with E-state index in [0.717, 1.165) is 5.56 Å². The van der Waals surface area contributed by atoms with Gasteiger partial charge in [-0.1, -0.05) is 41.4 Å². The number of aryl methyl sites for hydroxylation is 1. The Morgan fingerprint density at radius 1 is 1.00 bits per heavy atom. The van der Waals surface area contributed by atoms with Gasteiger partial charge in [-0.15, -0.1) is 11.3 Å². The van der Waals surface area contributed by atoms with Crippen LogP contribution in [0.5, 0.6) is 11.5 Å². The maximum atomic E-state index is 13.2. The summed E-state index contributed by atoms with van der Waals surface area (Å²) >= 11 is 13.4. The Kier molecular flexibility index (Phi) is 6.78. The molecule has 0 saturated heterocycles. The molecule has 0 aliphatic heterocycles. The van der Waals surface area contributed by atoms with E-state index in [1.165, 1.54) is 22.2 Å². The van der Waals surface area contributed by atoms with Gasteiger partial charge in [-0.25, -0.2) is 4.98 Å². The molecule has 0 fully saturated rings. The van der Waals surface area contributed by atoms with Gasteiger partial charge in [-0.2, -0.15) is 0 Å². The second-order valence-electron chi connectivity index (χ2n) is 8.04. The quantitative estimate of drug-likeness (QED) is 0.250. The molecule has 2 aromatic heterocycles. The highest BCUT2D eigenvalue weighted by molar-refractivity contribution is 7.20. The zero-order chi connectivity index (χ0) is 25.2. The number of carbonyl (C=O) groups is 1. The molecule has 0 spiro atoms. The molecule has 5 rings (SSSR count). The molecular weight excluding hydrogens is 517 g/mol. The predicted molar refractivity (Wildman–Crippen MR) is 145 cm³/mol. The average Bonchev–Trinajstić information content (AvgIpc) is 3.22. The van der Waals surface area contributed by atoms with Gasteiger partial charge in [0, 0.05) is 15.7 Å². The van der Waals surface area contributed by atoms with Crippen LogP contribution in [0, 0.1) is 6.92 Å². The highest BCUT2D eigenvalue weighted by Gasteiger charge is 2.20. The summed E-state index contributed by atoms with van der Waals surface area (Å²) in [5.74, 6) is 0.973. The molecule has 1 N–H and O–H groups in total. The highest BCUT2D eigenvalue weighted by Crippen LogP contribution is 2.29. The molecule has 0 radical (unpaired) electrons. The highest BCUT2D eigenvalue weighted by atomic mass is 35.5. The third kappa shape index (κ3) is 4.99. The van der Waals surface area contributed by atoms with E-state index in [4.69, 9.17) is 27.9 Å². The third-order valence-electron chi connectivity index (χ3n) is 5.58. The zero-order valence-corrected chi connectivity index (χ0v) is 21.3. The van der Waals surface area contributed by atoms with Crippen molar-refractivity contribution in [2.75, 3.05) is 5.32 Å². The van der Waals surface area contributed by atoms with E-state index >= 15 is 0 Å². The SMILES string of the molecule is Cc1c(C(=O)Nc2ccc(Oc3ccc(Cl)cc3)cc2)sc2ncn(Cc3ccccc3Cl)c(=O)c12. The summed E-state index contributed by atoms with van der Waals surface area (Å²) in [6.07, 6.45) is 1.49. The van der Waals surface area contributed by atoms with Gasteiger partial charge in [-0.3, -0.25) is 14.2 Å². The largest absolute Gasteiger partial charge is 0.457 e. The molecule has 0 unspecified atom stereocenters. The number of benzene rings is 3. The molecule has 9 heteroatoms. The average molecular weight is 536 g/mol. The van der Waals surface area contributed by atoms with Crippen LogP contribution in [0.2, 0.25) is 10.0 Å². The molecule has 0 atom stereocenters. The Hall–Kier alpha value is -3.65. The number of aromatic nitrogens is 2. The molecule has 36 heavy (non-hydrogen) atoms. The minimum atomic E-state index is -0.307. The van der Waals surface area contributed by atoms with E-state index in [0.29, 0.717) is 54.4 Å². The molecule has 180 valence electrons. The number of rotatable bonds is 6. The molecule has 0 aliphatic rings. The number of anilines is 1. The van der Waals surface area contributed by atoms with E-state index in [1.54, 1.807) is 61.5 Å². The minimum absolute atomic E-state index is 0.212. The first-order chi connectivity index (χ1) is 17.4. The fourth-order valence-corrected chi connectivity index (χ4v) is 5.09. The summed E-state index contributed by atoms with van der Waals surface area (Å²) in [5, 5.41) is 4.53. The molecule has 0 bridgehead atoms. The van der Waals surface area contributed by atoms with E-state index in [9.17, 15) is 9.59 Å². The van der Waals surface area contributed by atoms with Gasteiger partial charge in [-0.05, 0) is 72.6 Å². The van der Waals surface area contributed by atoms with Gasteiger partial charge in [0.1, 0.15) is 16.3 Å². The lowest BCUT2D eigenvalue weighted by Crippen LogP contribution is -2.21. The molecule has 5 aromatic rings. The third-order valence-corrected chi connectivity index (χ3v) is 7.40. The van der Waals surface area contributed by atoms with Crippen molar-refractivity contribution < 1.29 is 9.53 Å². The number of hydrogen-bond donors (Lipinski definition) is 1. The van der Waals surface area contributed by atoms with Crippen LogP contribution in [-0.2, 0) is 6.54 Å². The van der Waals surface area contributed by atoms with E-state index in [1.807, 2.05) is 18.2 Å². The van der Waals surface area contributed by atoms with E-state index in [-0.39, 0.29) is 11.5 Å². The number of carbonyl (C=O) groups excluding carboxylic acids is 1. The smallest absolute Gasteiger partial charge is 0.266 e. The van der Waals surface area contributed by atoms with Crippen LogP contribution in [0.4, 0.5) is 5.69 Å². The summed E-state index contributed by atoms with van der Waals surface area (Å²) < 4.78 is 7.29. The van der Waals surface area contributed by atoms with Gasteiger partial charge in [0.25, 0.3) is 11.5 Å². The van der Waals surface area contributed by atoms with Crippen molar-refractivity contribution in [1.29, 1.82) is 0 Å². The molecule has 0 saturated carbocycles. The van der Waals surface area contributed by atoms with Gasteiger partial charge < -0.3 is 10.1 Å². The van der Waals surface area contributed by atoms with Gasteiger partial charge in [0.15, 0.2) is 0 Å². The van der Waals surface area contributed by atoms with Crippen LogP contribution >= 0.6 is 34.5 Å². The molecule has 1 amide bonds. The van der Waals surface area contributed by atoms with Crippen LogP contribution in [0.15, 0.2) is 83.9 Å². The Morgan fingerprint density at radius 3 is 2.36 bits per heavy atom. The van der Waals surface area contributed by atoms with Crippen LogP contribution in [0.25, 0.3) is 10.2 Å². The number of halogens is 2. The normalized spacial score (nSPS) is 11.0. The fourth-order valence-electron chi connectivity index (χ4n) is 3.73. The van der Waals surface area contributed by atoms with Crippen molar-refractivity contribution in [1.82, 2.24) is 9.55 Å². The number of amides is 1. The second-order valence-corrected chi connectivity index (χ2v) is 9.88. The van der Waals surface area contributed by atoms with Crippen molar-refractivity contribution in [3.8, 4) is 11.5 Å². The topological polar surface area (TPSA) is 73.2 Å². The summed E-state index contributed by atoms with van der Waals surface area (Å²) in [7, 11) is 0. The van der Waals surface area contributed by atoms with Crippen molar-refractivity contribution in [2.24, 2.45) is 0 Å². The van der Waals surface area contributed by atoms with Crippen LogP contribution in [0.1, 0.15) is 20.8 Å². The number of hydrogen-bond acceptors (Lipinski definition) is 5. The van der Waals surface area contributed by atoms with Gasteiger partial charge in [0.05, 0.1) is 23.1 Å². The fraction of sp³-hybridized carbons (Fsp3) is 0.0741. The Labute approximate surface area is 220 Å². The maximum Gasteiger partial charge on any atom is 0.266 e. The number of thiophene rings is 1. The first-order valence-electron chi connectivity index (χ1n) is 11.0. The van der Waals surface area contributed by atoms with Crippen LogP contribution in [0.3, 0.4) is 0 Å². The summed E-state index contributed by atoms with van der Waals surface area (Å²) in [6.45, 7) is 2.06. The molecule has 0 aliphatic carbocycles. The van der Waals surface area contributed by atoms with E-state index in [2.05, 4.69) is 10.3 Å². The Balaban J connectivity index is 1.35. The summed E-state index contributed by atoms with van der Waals surface area (Å²) in [4.78, 5) is 31.6. The van der Waals surface area contributed by atoms with Gasteiger partial charge in [0.2, 0.25) is 0 Å². The predicted octanol–water partition coefficient (Wildman–Crippen LogP) is 7.17. The first kappa shape index (κ1) is 24.1. The maximum absolute atomic E-state index is 13.2. The molecular formula is C27H19Cl2N3O3S. The second kappa shape index (κ2) is 10.1. The number of ether oxygens (including phenoxy) is 1. The lowest BCUT2D eigenvalue weighted by atomic mass is 10.2. The zero-order valence-electron chi connectivity index (χ0n) is 19.0. The Bertz CT molecular complexity index is 1630. The van der Waals surface area contributed by atoms with Crippen molar-refractivity contribution in [2.45, 2.75) is 13.5 Å². The summed E-state index contributed by atoms with van der Waals surface area (Å²) in [5.41, 5.74) is 1.80. The first-order valence-corrected chi connectivity index (χ1v) is 12.5. The number of nitrogens with zero attached hydrogens (tertiary/aromatic N) is 2. The molecule has 2 heterocycles. The van der Waals surface area contributed by atoms with Crippen LogP contribution in [-0.4, -0.2) is 15.5 Å². The molecule has 3 aromatic carbocycles. The molecule has 6 nitrogen and oxygen atoms in total. The van der Waals surface area contributed by atoms with Gasteiger partial charge >= 0.3 is 0 Å². The lowest BCUT2D eigenvalue weighted by molar-refractivity contribution is 0.103. The monoisotopic (exact) mass is 535 g/mol. The minimum Gasteiger partial charge on any atom is -0.457 e. The van der Waals surface area contributed by atoms with Crippen molar-refractivity contribution in [3.05, 3.63) is 116 Å². The van der Waals surface area contributed by atoms with Crippen molar-refractivity contribution >= 4 is 56.3 Å². The lowest BCUT2D eigenvalue weighted by Gasteiger charge is -2.08. The number of fused-ring (bicyclic) bond motifs is 1. The van der Waals surface area contributed by atoms with Crippen molar-refractivity contribution in [3.63, 3.8) is 0 Å². The number of nitrogens with one attached hydrogen (secondary N) is 1. The van der Waals surface area contributed by atoms with Crippen LogP contribution < -0.4 is 15.6 Å².